The molecule has 174 valence electrons. The van der Waals surface area contributed by atoms with Gasteiger partial charge in [0.25, 0.3) is 0 Å². The Kier molecular flexibility index (Phi) is 8.42. The van der Waals surface area contributed by atoms with Gasteiger partial charge in [0.05, 0.1) is 6.54 Å². The molecular formula is C25H29ClN4O2S. The molecule has 8 heteroatoms. The van der Waals surface area contributed by atoms with Crippen molar-refractivity contribution in [3.05, 3.63) is 70.6 Å². The second-order valence-electron chi connectivity index (χ2n) is 8.40. The number of carbonyl (C=O) groups excluding carboxylic acids is 1. The topological polar surface area (TPSA) is 71.3 Å². The van der Waals surface area contributed by atoms with Gasteiger partial charge in [0.15, 0.2) is 0 Å². The maximum atomic E-state index is 12.5. The van der Waals surface area contributed by atoms with Gasteiger partial charge in [-0.05, 0) is 62.7 Å². The molecule has 4 rings (SSSR count). The molecule has 33 heavy (non-hydrogen) atoms. The number of nitrogens with zero attached hydrogens (tertiary/aromatic N) is 3. The highest BCUT2D eigenvalue weighted by molar-refractivity contribution is 7.98. The standard InChI is InChI=1S/C25H29ClN4O2S/c1-18-2-4-19(5-3-18)17-33-15-12-27-25(31)21-10-13-30(14-11-21)16-23-28-24(29-32-23)20-6-8-22(26)9-7-20/h2-9,21H,10-17H2,1H3,(H,27,31). The van der Waals surface area contributed by atoms with Crippen molar-refractivity contribution < 1.29 is 9.32 Å². The lowest BCUT2D eigenvalue weighted by Gasteiger charge is -2.30. The van der Waals surface area contributed by atoms with Crippen molar-refractivity contribution in [3.63, 3.8) is 0 Å². The van der Waals surface area contributed by atoms with Crippen LogP contribution in [0.1, 0.15) is 29.9 Å². The van der Waals surface area contributed by atoms with Crippen LogP contribution in [0.5, 0.6) is 0 Å². The van der Waals surface area contributed by atoms with E-state index in [4.69, 9.17) is 16.1 Å². The number of benzene rings is 2. The predicted octanol–water partition coefficient (Wildman–Crippen LogP) is 4.96. The molecule has 1 aliphatic rings. The number of aryl methyl sites for hydroxylation is 1. The highest BCUT2D eigenvalue weighted by Crippen LogP contribution is 2.22. The van der Waals surface area contributed by atoms with Gasteiger partial charge in [0.1, 0.15) is 0 Å². The highest BCUT2D eigenvalue weighted by atomic mass is 35.5. The van der Waals surface area contributed by atoms with E-state index in [2.05, 4.69) is 51.5 Å². The Labute approximate surface area is 204 Å². The number of aromatic nitrogens is 2. The summed E-state index contributed by atoms with van der Waals surface area (Å²) in [5, 5.41) is 7.86. The van der Waals surface area contributed by atoms with Crippen LogP contribution in [0.3, 0.4) is 0 Å². The average Bonchev–Trinajstić information content (AvgIpc) is 3.29. The zero-order chi connectivity index (χ0) is 23.0. The van der Waals surface area contributed by atoms with Crippen molar-refractivity contribution >= 4 is 29.3 Å². The quantitative estimate of drug-likeness (QED) is 0.433. The van der Waals surface area contributed by atoms with E-state index in [1.54, 1.807) is 0 Å². The molecule has 0 atom stereocenters. The molecule has 0 aliphatic carbocycles. The van der Waals surface area contributed by atoms with E-state index >= 15 is 0 Å². The van der Waals surface area contributed by atoms with Crippen LogP contribution in [0, 0.1) is 12.8 Å². The van der Waals surface area contributed by atoms with Crippen molar-refractivity contribution in [2.75, 3.05) is 25.4 Å². The number of halogens is 1. The van der Waals surface area contributed by atoms with Gasteiger partial charge in [-0.2, -0.15) is 16.7 Å². The molecule has 1 amide bonds. The Balaban J connectivity index is 1.13. The first-order valence-corrected chi connectivity index (χ1v) is 12.8. The first-order valence-electron chi connectivity index (χ1n) is 11.3. The lowest BCUT2D eigenvalue weighted by Crippen LogP contribution is -2.40. The fourth-order valence-corrected chi connectivity index (χ4v) is 4.79. The van der Waals surface area contributed by atoms with Crippen molar-refractivity contribution in [2.24, 2.45) is 5.92 Å². The van der Waals surface area contributed by atoms with E-state index in [1.807, 2.05) is 36.0 Å². The molecule has 1 fully saturated rings. The first-order chi connectivity index (χ1) is 16.1. The zero-order valence-corrected chi connectivity index (χ0v) is 20.4. The van der Waals surface area contributed by atoms with Crippen LogP contribution in [0.4, 0.5) is 0 Å². The largest absolute Gasteiger partial charge is 0.355 e. The van der Waals surface area contributed by atoms with Crippen LogP contribution in [0.25, 0.3) is 11.4 Å². The van der Waals surface area contributed by atoms with Gasteiger partial charge < -0.3 is 9.84 Å². The van der Waals surface area contributed by atoms with Crippen LogP contribution < -0.4 is 5.32 Å². The maximum absolute atomic E-state index is 12.5. The number of thioether (sulfide) groups is 1. The summed E-state index contributed by atoms with van der Waals surface area (Å²) in [7, 11) is 0. The first kappa shape index (κ1) is 23.8. The Hall–Kier alpha value is -2.35. The summed E-state index contributed by atoms with van der Waals surface area (Å²) in [6.07, 6.45) is 1.70. The van der Waals surface area contributed by atoms with E-state index in [9.17, 15) is 4.79 Å². The SMILES string of the molecule is Cc1ccc(CSCCNC(=O)C2CCN(Cc3nc(-c4ccc(Cl)cc4)no3)CC2)cc1. The number of amides is 1. The Morgan fingerprint density at radius 3 is 2.61 bits per heavy atom. The van der Waals surface area contributed by atoms with Gasteiger partial charge in [-0.25, -0.2) is 0 Å². The molecule has 1 saturated heterocycles. The summed E-state index contributed by atoms with van der Waals surface area (Å²) < 4.78 is 5.42. The minimum absolute atomic E-state index is 0.0793. The molecule has 1 aromatic heterocycles. The normalized spacial score (nSPS) is 15.0. The van der Waals surface area contributed by atoms with E-state index in [-0.39, 0.29) is 11.8 Å². The van der Waals surface area contributed by atoms with Crippen molar-refractivity contribution in [2.45, 2.75) is 32.1 Å². The van der Waals surface area contributed by atoms with Gasteiger partial charge >= 0.3 is 0 Å². The molecule has 0 spiro atoms. The molecule has 2 aromatic carbocycles. The summed E-state index contributed by atoms with van der Waals surface area (Å²) in [6.45, 7) is 5.11. The summed E-state index contributed by atoms with van der Waals surface area (Å²) >= 11 is 7.79. The monoisotopic (exact) mass is 484 g/mol. The Morgan fingerprint density at radius 2 is 1.88 bits per heavy atom. The number of nitrogens with one attached hydrogen (secondary N) is 1. The van der Waals surface area contributed by atoms with Crippen molar-refractivity contribution in [3.8, 4) is 11.4 Å². The Bertz CT molecular complexity index is 1030. The van der Waals surface area contributed by atoms with E-state index in [0.717, 1.165) is 43.0 Å². The number of piperidine rings is 1. The fourth-order valence-electron chi connectivity index (χ4n) is 3.84. The average molecular weight is 485 g/mol. The number of likely N-dealkylation sites (tertiary alicyclic amines) is 1. The second-order valence-corrected chi connectivity index (χ2v) is 9.94. The van der Waals surface area contributed by atoms with E-state index in [0.29, 0.717) is 29.8 Å². The van der Waals surface area contributed by atoms with Gasteiger partial charge in [-0.1, -0.05) is 46.6 Å². The lowest BCUT2D eigenvalue weighted by molar-refractivity contribution is -0.126. The summed E-state index contributed by atoms with van der Waals surface area (Å²) in [5.74, 6) is 3.31. The predicted molar refractivity (Wildman–Crippen MR) is 133 cm³/mol. The molecule has 0 saturated carbocycles. The zero-order valence-electron chi connectivity index (χ0n) is 18.8. The Morgan fingerprint density at radius 1 is 1.15 bits per heavy atom. The molecule has 2 heterocycles. The molecule has 1 aliphatic heterocycles. The molecule has 0 bridgehead atoms. The number of hydrogen-bond donors (Lipinski definition) is 1. The summed E-state index contributed by atoms with van der Waals surface area (Å²) in [5.41, 5.74) is 3.48. The second kappa shape index (κ2) is 11.7. The third-order valence-corrected chi connectivity index (χ3v) is 7.10. The van der Waals surface area contributed by atoms with Gasteiger partial charge in [-0.15, -0.1) is 0 Å². The molecule has 0 radical (unpaired) electrons. The molecule has 6 nitrogen and oxygen atoms in total. The highest BCUT2D eigenvalue weighted by Gasteiger charge is 2.25. The van der Waals surface area contributed by atoms with Crippen LogP contribution in [-0.4, -0.2) is 46.3 Å². The van der Waals surface area contributed by atoms with E-state index in [1.165, 1.54) is 11.1 Å². The summed E-state index contributed by atoms with van der Waals surface area (Å²) in [6, 6.07) is 16.0. The lowest BCUT2D eigenvalue weighted by atomic mass is 9.96. The molecule has 0 unspecified atom stereocenters. The number of rotatable bonds is 9. The third kappa shape index (κ3) is 7.06. The number of carbonyl (C=O) groups is 1. The molecule has 1 N–H and O–H groups in total. The molecule has 3 aromatic rings. The van der Waals surface area contributed by atoms with Gasteiger partial charge in [0.2, 0.25) is 17.6 Å². The minimum atomic E-state index is 0.0793. The fraction of sp³-hybridized carbons (Fsp3) is 0.400. The van der Waals surface area contributed by atoms with Crippen molar-refractivity contribution in [1.82, 2.24) is 20.4 Å². The van der Waals surface area contributed by atoms with Gasteiger partial charge in [-0.3, -0.25) is 9.69 Å². The van der Waals surface area contributed by atoms with Crippen molar-refractivity contribution in [1.29, 1.82) is 0 Å². The summed E-state index contributed by atoms with van der Waals surface area (Å²) in [4.78, 5) is 19.3. The third-order valence-electron chi connectivity index (χ3n) is 5.82. The molecular weight excluding hydrogens is 456 g/mol. The minimum Gasteiger partial charge on any atom is -0.355 e. The maximum Gasteiger partial charge on any atom is 0.241 e. The van der Waals surface area contributed by atoms with Crippen LogP contribution >= 0.6 is 23.4 Å². The van der Waals surface area contributed by atoms with Crippen LogP contribution in [0.2, 0.25) is 5.02 Å². The smallest absolute Gasteiger partial charge is 0.241 e. The van der Waals surface area contributed by atoms with Gasteiger partial charge in [0, 0.05) is 34.6 Å². The van der Waals surface area contributed by atoms with Crippen LogP contribution in [0.15, 0.2) is 53.1 Å². The van der Waals surface area contributed by atoms with E-state index < -0.39 is 0 Å². The van der Waals surface area contributed by atoms with Crippen LogP contribution in [-0.2, 0) is 17.1 Å². The number of hydrogen-bond acceptors (Lipinski definition) is 6.